The van der Waals surface area contributed by atoms with Gasteiger partial charge in [-0.25, -0.2) is 0 Å². The van der Waals surface area contributed by atoms with Gasteiger partial charge in [0.1, 0.15) is 12.4 Å². The first kappa shape index (κ1) is 15.1. The molecule has 2 rings (SSSR count). The van der Waals surface area contributed by atoms with Gasteiger partial charge in [0, 0.05) is 24.8 Å². The van der Waals surface area contributed by atoms with Crippen molar-refractivity contribution in [1.29, 1.82) is 0 Å². The van der Waals surface area contributed by atoms with E-state index in [9.17, 15) is 0 Å². The highest BCUT2D eigenvalue weighted by Gasteiger charge is 2.04. The summed E-state index contributed by atoms with van der Waals surface area (Å²) < 4.78 is 5.54. The Morgan fingerprint density at radius 1 is 1.14 bits per heavy atom. The van der Waals surface area contributed by atoms with E-state index >= 15 is 0 Å². The first-order valence-electron chi connectivity index (χ1n) is 7.12. The number of ether oxygens (including phenoxy) is 1. The summed E-state index contributed by atoms with van der Waals surface area (Å²) in [6.07, 6.45) is 8.06. The molecule has 0 bridgehead atoms. The second kappa shape index (κ2) is 8.08. The highest BCUT2D eigenvalue weighted by Crippen LogP contribution is 2.17. The lowest BCUT2D eigenvalue weighted by atomic mass is 10.1. The Hall–Kier alpha value is -2.31. The van der Waals surface area contributed by atoms with Gasteiger partial charge in [0.2, 0.25) is 0 Å². The topological polar surface area (TPSA) is 34.1 Å². The van der Waals surface area contributed by atoms with E-state index in [1.54, 1.807) is 0 Å². The van der Waals surface area contributed by atoms with Gasteiger partial charge < -0.3 is 10.1 Å². The molecule has 21 heavy (non-hydrogen) atoms. The van der Waals surface area contributed by atoms with E-state index in [1.807, 2.05) is 36.5 Å². The van der Waals surface area contributed by atoms with E-state index in [2.05, 4.69) is 29.2 Å². The number of nitrogens with zero attached hydrogens (tertiary/aromatic N) is 1. The van der Waals surface area contributed by atoms with E-state index in [0.29, 0.717) is 0 Å². The van der Waals surface area contributed by atoms with Crippen LogP contribution in [0.2, 0.25) is 0 Å². The van der Waals surface area contributed by atoms with Gasteiger partial charge in [0.25, 0.3) is 0 Å². The third-order valence-electron chi connectivity index (χ3n) is 3.26. The van der Waals surface area contributed by atoms with Crippen LogP contribution in [-0.2, 0) is 19.5 Å². The summed E-state index contributed by atoms with van der Waals surface area (Å²) in [5.74, 6) is 3.32. The van der Waals surface area contributed by atoms with Crippen LogP contribution in [0.15, 0.2) is 42.6 Å². The maximum Gasteiger partial charge on any atom is 0.148 e. The largest absolute Gasteiger partial charge is 0.481 e. The fourth-order valence-electron chi connectivity index (χ4n) is 2.18. The Morgan fingerprint density at radius 2 is 1.95 bits per heavy atom. The quantitative estimate of drug-likeness (QED) is 0.792. The lowest BCUT2D eigenvalue weighted by Crippen LogP contribution is -2.15. The molecule has 0 fully saturated rings. The van der Waals surface area contributed by atoms with Crippen molar-refractivity contribution >= 4 is 0 Å². The van der Waals surface area contributed by atoms with Gasteiger partial charge in [-0.15, -0.1) is 6.42 Å². The zero-order valence-corrected chi connectivity index (χ0v) is 12.3. The first-order chi connectivity index (χ1) is 10.3. The summed E-state index contributed by atoms with van der Waals surface area (Å²) in [5, 5.41) is 3.42. The fraction of sp³-hybridized carbons (Fsp3) is 0.278. The molecule has 108 valence electrons. The number of terminal acetylenes is 1. The van der Waals surface area contributed by atoms with Gasteiger partial charge in [-0.3, -0.25) is 4.98 Å². The number of para-hydroxylation sites is 1. The molecule has 0 spiro atoms. The molecule has 1 N–H and O–H groups in total. The Balaban J connectivity index is 1.96. The molecule has 2 aromatic rings. The standard InChI is InChI=1S/C18H20N2O/c1-3-12-21-18-10-6-5-8-16(18)13-19-14-17-15(4-2)9-7-11-20-17/h1,5-11,19H,4,12-14H2,2H3. The van der Waals surface area contributed by atoms with Crippen LogP contribution in [0.1, 0.15) is 23.7 Å². The van der Waals surface area contributed by atoms with Gasteiger partial charge in [-0.05, 0) is 24.1 Å². The molecule has 3 nitrogen and oxygen atoms in total. The summed E-state index contributed by atoms with van der Waals surface area (Å²) in [6, 6.07) is 12.0. The van der Waals surface area contributed by atoms with Gasteiger partial charge in [-0.2, -0.15) is 0 Å². The van der Waals surface area contributed by atoms with Crippen LogP contribution in [0.5, 0.6) is 5.75 Å². The molecule has 1 aromatic heterocycles. The number of benzene rings is 1. The normalized spacial score (nSPS) is 10.1. The predicted octanol–water partition coefficient (Wildman–Crippen LogP) is 2.95. The average molecular weight is 280 g/mol. The Morgan fingerprint density at radius 3 is 2.76 bits per heavy atom. The molecule has 0 unspecified atom stereocenters. The summed E-state index contributed by atoms with van der Waals surface area (Å²) in [4.78, 5) is 4.43. The third-order valence-corrected chi connectivity index (χ3v) is 3.26. The zero-order valence-electron chi connectivity index (χ0n) is 12.3. The van der Waals surface area contributed by atoms with Crippen LogP contribution in [0.25, 0.3) is 0 Å². The van der Waals surface area contributed by atoms with Crippen molar-refractivity contribution in [3.8, 4) is 18.1 Å². The molecule has 3 heteroatoms. The van der Waals surface area contributed by atoms with Crippen LogP contribution in [0.3, 0.4) is 0 Å². The minimum Gasteiger partial charge on any atom is -0.481 e. The van der Waals surface area contributed by atoms with Crippen LogP contribution < -0.4 is 10.1 Å². The third kappa shape index (κ3) is 4.34. The van der Waals surface area contributed by atoms with E-state index in [-0.39, 0.29) is 6.61 Å². The minimum absolute atomic E-state index is 0.289. The molecule has 0 aliphatic heterocycles. The zero-order chi connectivity index (χ0) is 14.9. The SMILES string of the molecule is C#CCOc1ccccc1CNCc1ncccc1CC. The summed E-state index contributed by atoms with van der Waals surface area (Å²) in [6.45, 7) is 3.90. The lowest BCUT2D eigenvalue weighted by molar-refractivity contribution is 0.364. The second-order valence-electron chi connectivity index (χ2n) is 4.67. The number of nitrogens with one attached hydrogen (secondary N) is 1. The molecule has 1 heterocycles. The monoisotopic (exact) mass is 280 g/mol. The van der Waals surface area contributed by atoms with Crippen molar-refractivity contribution in [3.05, 3.63) is 59.4 Å². The molecular weight excluding hydrogens is 260 g/mol. The summed E-state index contributed by atoms with van der Waals surface area (Å²) in [7, 11) is 0. The predicted molar refractivity (Wildman–Crippen MR) is 84.9 cm³/mol. The van der Waals surface area contributed by atoms with Crippen molar-refractivity contribution in [2.45, 2.75) is 26.4 Å². The highest BCUT2D eigenvalue weighted by molar-refractivity contribution is 5.33. The number of aryl methyl sites for hydroxylation is 1. The van der Waals surface area contributed by atoms with Crippen molar-refractivity contribution in [2.24, 2.45) is 0 Å². The molecule has 0 aliphatic carbocycles. The van der Waals surface area contributed by atoms with Gasteiger partial charge in [-0.1, -0.05) is 37.1 Å². The molecular formula is C18H20N2O. The summed E-state index contributed by atoms with van der Waals surface area (Å²) >= 11 is 0. The van der Waals surface area contributed by atoms with Crippen LogP contribution in [-0.4, -0.2) is 11.6 Å². The number of pyridine rings is 1. The van der Waals surface area contributed by atoms with Crippen molar-refractivity contribution in [1.82, 2.24) is 10.3 Å². The van der Waals surface area contributed by atoms with Crippen LogP contribution in [0.4, 0.5) is 0 Å². The molecule has 0 saturated heterocycles. The number of rotatable bonds is 7. The van der Waals surface area contributed by atoms with Crippen LogP contribution in [0, 0.1) is 12.3 Å². The number of hydrogen-bond acceptors (Lipinski definition) is 3. The average Bonchev–Trinajstić information content (AvgIpc) is 2.54. The molecule has 0 aliphatic rings. The van der Waals surface area contributed by atoms with Crippen molar-refractivity contribution in [2.75, 3.05) is 6.61 Å². The van der Waals surface area contributed by atoms with E-state index in [1.165, 1.54) is 5.56 Å². The fourth-order valence-corrected chi connectivity index (χ4v) is 2.18. The van der Waals surface area contributed by atoms with Crippen molar-refractivity contribution < 1.29 is 4.74 Å². The molecule has 0 atom stereocenters. The Labute approximate surface area is 126 Å². The summed E-state index contributed by atoms with van der Waals surface area (Å²) in [5.41, 5.74) is 3.48. The second-order valence-corrected chi connectivity index (χ2v) is 4.67. The van der Waals surface area contributed by atoms with E-state index in [4.69, 9.17) is 11.2 Å². The van der Waals surface area contributed by atoms with Crippen LogP contribution >= 0.6 is 0 Å². The maximum absolute atomic E-state index is 5.54. The Kier molecular flexibility index (Phi) is 5.81. The highest BCUT2D eigenvalue weighted by atomic mass is 16.5. The maximum atomic E-state index is 5.54. The molecule has 0 amide bonds. The molecule has 1 aromatic carbocycles. The number of hydrogen-bond donors (Lipinski definition) is 1. The Bertz CT molecular complexity index is 617. The van der Waals surface area contributed by atoms with Gasteiger partial charge in [0.05, 0.1) is 5.69 Å². The van der Waals surface area contributed by atoms with E-state index in [0.717, 1.165) is 36.5 Å². The minimum atomic E-state index is 0.289. The molecule has 0 radical (unpaired) electrons. The first-order valence-corrected chi connectivity index (χ1v) is 7.12. The number of aromatic nitrogens is 1. The molecule has 0 saturated carbocycles. The van der Waals surface area contributed by atoms with Gasteiger partial charge >= 0.3 is 0 Å². The lowest BCUT2D eigenvalue weighted by Gasteiger charge is -2.11. The van der Waals surface area contributed by atoms with E-state index < -0.39 is 0 Å². The van der Waals surface area contributed by atoms with Crippen molar-refractivity contribution in [3.63, 3.8) is 0 Å². The van der Waals surface area contributed by atoms with Gasteiger partial charge in [0.15, 0.2) is 0 Å². The smallest absolute Gasteiger partial charge is 0.148 e.